The first-order valence-corrected chi connectivity index (χ1v) is 11.2. The Morgan fingerprint density at radius 2 is 1.86 bits per heavy atom. The standard InChI is InChI=1S/C25H19F6N5O/c26-18-3-1-2-15(8-18)13-36-20(10-16-9-17(25(29,30)31)11-33-22(16)36)23(37)34-19-4-5-21(32-12-19)35-7-6-24(27,28)14-35/h1-5,8-12H,6-7,13-14H2,(H,34,37). The second-order valence-electron chi connectivity index (χ2n) is 8.77. The summed E-state index contributed by atoms with van der Waals surface area (Å²) in [6, 6.07) is 10.8. The Bertz CT molecular complexity index is 1460. The van der Waals surface area contributed by atoms with Crippen LogP contribution in [0, 0.1) is 5.82 Å². The van der Waals surface area contributed by atoms with Crippen LogP contribution in [0.2, 0.25) is 0 Å². The van der Waals surface area contributed by atoms with Crippen LogP contribution in [0.1, 0.15) is 28.0 Å². The maximum Gasteiger partial charge on any atom is 0.417 e. The summed E-state index contributed by atoms with van der Waals surface area (Å²) in [5.74, 6) is -3.62. The average molecular weight is 519 g/mol. The van der Waals surface area contributed by atoms with Crippen molar-refractivity contribution in [2.45, 2.75) is 25.1 Å². The summed E-state index contributed by atoms with van der Waals surface area (Å²) in [6.45, 7) is -0.319. The van der Waals surface area contributed by atoms with E-state index in [0.29, 0.717) is 17.6 Å². The molecule has 0 spiro atoms. The van der Waals surface area contributed by atoms with Gasteiger partial charge in [-0.15, -0.1) is 0 Å². The van der Waals surface area contributed by atoms with E-state index < -0.39 is 35.9 Å². The molecule has 0 unspecified atom stereocenters. The van der Waals surface area contributed by atoms with Crippen LogP contribution in [0.5, 0.6) is 0 Å². The fourth-order valence-corrected chi connectivity index (χ4v) is 4.24. The van der Waals surface area contributed by atoms with Crippen molar-refractivity contribution < 1.29 is 31.1 Å². The lowest BCUT2D eigenvalue weighted by molar-refractivity contribution is -0.137. The first-order valence-electron chi connectivity index (χ1n) is 11.2. The predicted octanol–water partition coefficient (Wildman–Crippen LogP) is 5.74. The second kappa shape index (κ2) is 9.09. The number of pyridine rings is 2. The van der Waals surface area contributed by atoms with Crippen molar-refractivity contribution in [1.29, 1.82) is 0 Å². The van der Waals surface area contributed by atoms with Gasteiger partial charge in [0.05, 0.1) is 24.0 Å². The number of hydrogen-bond acceptors (Lipinski definition) is 4. The number of nitrogens with one attached hydrogen (secondary N) is 1. The predicted molar refractivity (Wildman–Crippen MR) is 124 cm³/mol. The van der Waals surface area contributed by atoms with E-state index in [1.807, 2.05) is 0 Å². The first-order chi connectivity index (χ1) is 17.5. The molecule has 1 fully saturated rings. The molecule has 4 aromatic rings. The maximum atomic E-state index is 13.7. The monoisotopic (exact) mass is 519 g/mol. The van der Waals surface area contributed by atoms with Crippen LogP contribution in [0.25, 0.3) is 11.0 Å². The van der Waals surface area contributed by atoms with Gasteiger partial charge in [0, 0.05) is 31.1 Å². The number of carbonyl (C=O) groups is 1. The number of aromatic nitrogens is 3. The van der Waals surface area contributed by atoms with Gasteiger partial charge >= 0.3 is 6.18 Å². The molecule has 1 aliphatic rings. The molecule has 1 amide bonds. The van der Waals surface area contributed by atoms with Crippen LogP contribution in [0.3, 0.4) is 0 Å². The maximum absolute atomic E-state index is 13.7. The Morgan fingerprint density at radius 1 is 1.05 bits per heavy atom. The van der Waals surface area contributed by atoms with Crippen molar-refractivity contribution in [3.05, 3.63) is 83.6 Å². The molecule has 0 atom stereocenters. The van der Waals surface area contributed by atoms with Gasteiger partial charge in [0.25, 0.3) is 11.8 Å². The van der Waals surface area contributed by atoms with Crippen molar-refractivity contribution in [2.75, 3.05) is 23.3 Å². The smallest absolute Gasteiger partial charge is 0.350 e. The lowest BCUT2D eigenvalue weighted by Gasteiger charge is -2.17. The summed E-state index contributed by atoms with van der Waals surface area (Å²) in [5.41, 5.74) is -0.129. The van der Waals surface area contributed by atoms with E-state index in [-0.39, 0.29) is 41.9 Å². The Morgan fingerprint density at radius 3 is 2.51 bits per heavy atom. The zero-order valence-corrected chi connectivity index (χ0v) is 19.1. The molecular weight excluding hydrogens is 500 g/mol. The van der Waals surface area contributed by atoms with Gasteiger partial charge in [0.1, 0.15) is 23.0 Å². The average Bonchev–Trinajstić information content (AvgIpc) is 3.38. The van der Waals surface area contributed by atoms with Gasteiger partial charge in [-0.25, -0.2) is 23.1 Å². The summed E-state index contributed by atoms with van der Waals surface area (Å²) < 4.78 is 81.8. The van der Waals surface area contributed by atoms with E-state index in [1.54, 1.807) is 6.07 Å². The summed E-state index contributed by atoms with van der Waals surface area (Å²) in [4.78, 5) is 22.7. The van der Waals surface area contributed by atoms with E-state index in [9.17, 15) is 31.1 Å². The molecule has 0 saturated carbocycles. The van der Waals surface area contributed by atoms with E-state index in [2.05, 4.69) is 15.3 Å². The number of amides is 1. The van der Waals surface area contributed by atoms with E-state index in [1.165, 1.54) is 52.1 Å². The van der Waals surface area contributed by atoms with Gasteiger partial charge in [0.15, 0.2) is 0 Å². The third kappa shape index (κ3) is 5.23. The zero-order valence-electron chi connectivity index (χ0n) is 19.1. The quantitative estimate of drug-likeness (QED) is 0.342. The minimum Gasteiger partial charge on any atom is -0.350 e. The highest BCUT2D eigenvalue weighted by Gasteiger charge is 2.38. The minimum absolute atomic E-state index is 0.00523. The molecule has 37 heavy (non-hydrogen) atoms. The molecule has 0 bridgehead atoms. The minimum atomic E-state index is -4.62. The molecule has 0 aliphatic carbocycles. The van der Waals surface area contributed by atoms with Gasteiger partial charge in [-0.2, -0.15) is 13.2 Å². The van der Waals surface area contributed by atoms with Gasteiger partial charge < -0.3 is 14.8 Å². The lowest BCUT2D eigenvalue weighted by Crippen LogP contribution is -2.25. The summed E-state index contributed by atoms with van der Waals surface area (Å²) in [6.07, 6.45) is -2.91. The van der Waals surface area contributed by atoms with Crippen LogP contribution in [-0.4, -0.2) is 39.5 Å². The number of carbonyl (C=O) groups excluding carboxylic acids is 1. The first kappa shape index (κ1) is 24.6. The Labute approximate surface area is 206 Å². The molecule has 4 heterocycles. The summed E-state index contributed by atoms with van der Waals surface area (Å²) in [7, 11) is 0. The van der Waals surface area contributed by atoms with Crippen molar-refractivity contribution >= 4 is 28.4 Å². The van der Waals surface area contributed by atoms with Gasteiger partial charge in [-0.05, 0) is 42.0 Å². The van der Waals surface area contributed by atoms with Crippen LogP contribution in [-0.2, 0) is 12.7 Å². The highest BCUT2D eigenvalue weighted by molar-refractivity contribution is 6.06. The third-order valence-corrected chi connectivity index (χ3v) is 6.02. The molecular formula is C25H19F6N5O. The third-order valence-electron chi connectivity index (χ3n) is 6.02. The Kier molecular flexibility index (Phi) is 6.04. The summed E-state index contributed by atoms with van der Waals surface area (Å²) in [5, 5.41) is 2.71. The molecule has 6 nitrogen and oxygen atoms in total. The van der Waals surface area contributed by atoms with Crippen LogP contribution in [0.4, 0.5) is 37.8 Å². The number of benzene rings is 1. The number of fused-ring (bicyclic) bond motifs is 1. The molecule has 192 valence electrons. The van der Waals surface area contributed by atoms with Crippen molar-refractivity contribution in [3.63, 3.8) is 0 Å². The molecule has 0 radical (unpaired) electrons. The number of anilines is 2. The molecule has 1 aliphatic heterocycles. The molecule has 1 saturated heterocycles. The number of halogens is 6. The van der Waals surface area contributed by atoms with Crippen molar-refractivity contribution in [3.8, 4) is 0 Å². The van der Waals surface area contributed by atoms with Gasteiger partial charge in [0.2, 0.25) is 0 Å². The zero-order chi connectivity index (χ0) is 26.4. The Balaban J connectivity index is 1.45. The molecule has 1 aromatic carbocycles. The SMILES string of the molecule is O=C(Nc1ccc(N2CCC(F)(F)C2)nc1)c1cc2cc(C(F)(F)F)cnc2n1Cc1cccc(F)c1. The number of hydrogen-bond donors (Lipinski definition) is 1. The number of nitrogens with zero attached hydrogens (tertiary/aromatic N) is 4. The van der Waals surface area contributed by atoms with E-state index in [4.69, 9.17) is 0 Å². The van der Waals surface area contributed by atoms with Crippen molar-refractivity contribution in [1.82, 2.24) is 14.5 Å². The van der Waals surface area contributed by atoms with Crippen LogP contribution >= 0.6 is 0 Å². The fraction of sp³-hybridized carbons (Fsp3) is 0.240. The van der Waals surface area contributed by atoms with E-state index >= 15 is 0 Å². The van der Waals surface area contributed by atoms with Crippen molar-refractivity contribution in [2.24, 2.45) is 0 Å². The highest BCUT2D eigenvalue weighted by Crippen LogP contribution is 2.32. The molecule has 5 rings (SSSR count). The number of rotatable bonds is 5. The Hall–Kier alpha value is -4.09. The van der Waals surface area contributed by atoms with Crippen LogP contribution < -0.4 is 10.2 Å². The second-order valence-corrected chi connectivity index (χ2v) is 8.77. The highest BCUT2D eigenvalue weighted by atomic mass is 19.4. The lowest BCUT2D eigenvalue weighted by atomic mass is 10.2. The molecule has 3 aromatic heterocycles. The van der Waals surface area contributed by atoms with Gasteiger partial charge in [-0.1, -0.05) is 12.1 Å². The topological polar surface area (TPSA) is 63.1 Å². The summed E-state index contributed by atoms with van der Waals surface area (Å²) >= 11 is 0. The fourth-order valence-electron chi connectivity index (χ4n) is 4.24. The molecule has 12 heteroatoms. The number of alkyl halides is 5. The van der Waals surface area contributed by atoms with Crippen LogP contribution in [0.15, 0.2) is 60.9 Å². The normalized spacial score (nSPS) is 15.4. The molecule has 1 N–H and O–H groups in total. The van der Waals surface area contributed by atoms with Gasteiger partial charge in [-0.3, -0.25) is 4.79 Å². The largest absolute Gasteiger partial charge is 0.417 e. The van der Waals surface area contributed by atoms with E-state index in [0.717, 1.165) is 6.07 Å².